The number of hydrogen-bond acceptors (Lipinski definition) is 3. The molecule has 0 fully saturated rings. The van der Waals surface area contributed by atoms with Crippen molar-refractivity contribution >= 4 is 29.9 Å². The Bertz CT molecular complexity index is 396. The Morgan fingerprint density at radius 3 is 2.68 bits per heavy atom. The van der Waals surface area contributed by atoms with Crippen LogP contribution < -0.4 is 11.1 Å². The number of unbranched alkanes of at least 4 members (excludes halogenated alkanes) is 1. The van der Waals surface area contributed by atoms with E-state index in [1.165, 1.54) is 0 Å². The lowest BCUT2D eigenvalue weighted by Crippen LogP contribution is -2.32. The van der Waals surface area contributed by atoms with Crippen LogP contribution in [0.1, 0.15) is 52.2 Å². The van der Waals surface area contributed by atoms with Crippen molar-refractivity contribution in [3.8, 4) is 0 Å². The first kappa shape index (κ1) is 18.2. The summed E-state index contributed by atoms with van der Waals surface area (Å²) in [7, 11) is 0. The minimum atomic E-state index is -0.0279. The lowest BCUT2D eigenvalue weighted by Gasteiger charge is -2.12. The maximum absolute atomic E-state index is 5.72. The molecule has 1 aromatic rings. The maximum atomic E-state index is 5.72. The van der Waals surface area contributed by atoms with E-state index in [1.54, 1.807) is 6.20 Å². The lowest BCUT2D eigenvalue weighted by atomic mass is 9.94. The summed E-state index contributed by atoms with van der Waals surface area (Å²) in [6.45, 7) is 9.62. The molecule has 0 radical (unpaired) electrons. The summed E-state index contributed by atoms with van der Waals surface area (Å²) < 4.78 is 5.62. The van der Waals surface area contributed by atoms with Gasteiger partial charge in [-0.15, -0.1) is 24.0 Å². The van der Waals surface area contributed by atoms with Crippen molar-refractivity contribution in [3.05, 3.63) is 17.8 Å². The quantitative estimate of drug-likeness (QED) is 0.357. The highest BCUT2D eigenvalue weighted by Gasteiger charge is 2.18. The van der Waals surface area contributed by atoms with E-state index in [-0.39, 0.29) is 29.4 Å². The minimum absolute atomic E-state index is 0. The smallest absolute Gasteiger partial charge is 0.216 e. The Kier molecular flexibility index (Phi) is 8.05. The molecule has 110 valence electrons. The van der Waals surface area contributed by atoms with Crippen molar-refractivity contribution in [2.24, 2.45) is 10.7 Å². The molecule has 0 aliphatic rings. The number of aromatic nitrogens is 1. The van der Waals surface area contributed by atoms with Crippen LogP contribution in [0.4, 0.5) is 0 Å². The van der Waals surface area contributed by atoms with Crippen molar-refractivity contribution in [3.63, 3.8) is 0 Å². The van der Waals surface area contributed by atoms with Crippen LogP contribution in [-0.4, -0.2) is 17.5 Å². The molecule has 1 heterocycles. The fourth-order valence-electron chi connectivity index (χ4n) is 1.33. The summed E-state index contributed by atoms with van der Waals surface area (Å²) in [5, 5.41) is 3.05. The molecule has 0 aliphatic carbocycles. The highest BCUT2D eigenvalue weighted by atomic mass is 127. The van der Waals surface area contributed by atoms with Gasteiger partial charge < -0.3 is 15.5 Å². The molecule has 0 bridgehead atoms. The van der Waals surface area contributed by atoms with E-state index >= 15 is 0 Å². The molecule has 3 N–H and O–H groups in total. The molecule has 0 aliphatic heterocycles. The van der Waals surface area contributed by atoms with Gasteiger partial charge in [-0.1, -0.05) is 34.1 Å². The summed E-state index contributed by atoms with van der Waals surface area (Å²) >= 11 is 0. The SMILES string of the molecule is CCCCNC(N)=NCc1ncc(C(C)(C)C)o1.I. The number of nitrogens with zero attached hydrogens (tertiary/aromatic N) is 2. The fraction of sp³-hybridized carbons (Fsp3) is 0.692. The lowest BCUT2D eigenvalue weighted by molar-refractivity contribution is 0.383. The van der Waals surface area contributed by atoms with Crippen LogP contribution in [0, 0.1) is 0 Å². The highest BCUT2D eigenvalue weighted by Crippen LogP contribution is 2.22. The topological polar surface area (TPSA) is 76.4 Å². The standard InChI is InChI=1S/C13H24N4O.HI/c1-5-6-7-15-12(14)17-9-11-16-8-10(18-11)13(2,3)4;/h8H,5-7,9H2,1-4H3,(H3,14,15,17);1H. The van der Waals surface area contributed by atoms with Crippen molar-refractivity contribution in [2.75, 3.05) is 6.54 Å². The minimum Gasteiger partial charge on any atom is -0.443 e. The van der Waals surface area contributed by atoms with Crippen molar-refractivity contribution in [2.45, 2.75) is 52.5 Å². The molecule has 0 saturated heterocycles. The molecule has 0 spiro atoms. The molecule has 0 aromatic carbocycles. The van der Waals surface area contributed by atoms with Crippen molar-refractivity contribution in [1.29, 1.82) is 0 Å². The van der Waals surface area contributed by atoms with Gasteiger partial charge in [0.05, 0.1) is 6.20 Å². The van der Waals surface area contributed by atoms with Gasteiger partial charge in [-0.3, -0.25) is 0 Å². The summed E-state index contributed by atoms with van der Waals surface area (Å²) in [6.07, 6.45) is 3.98. The first-order chi connectivity index (χ1) is 8.43. The molecule has 19 heavy (non-hydrogen) atoms. The zero-order valence-corrected chi connectivity index (χ0v) is 14.5. The van der Waals surface area contributed by atoms with E-state index in [9.17, 15) is 0 Å². The van der Waals surface area contributed by atoms with Crippen LogP contribution >= 0.6 is 24.0 Å². The average molecular weight is 380 g/mol. The Morgan fingerprint density at radius 1 is 1.47 bits per heavy atom. The molecular weight excluding hydrogens is 355 g/mol. The fourth-order valence-corrected chi connectivity index (χ4v) is 1.33. The Balaban J connectivity index is 0.00000324. The predicted octanol–water partition coefficient (Wildman–Crippen LogP) is 2.79. The number of nitrogens with one attached hydrogen (secondary N) is 1. The van der Waals surface area contributed by atoms with Gasteiger partial charge in [0.1, 0.15) is 12.3 Å². The second-order valence-electron chi connectivity index (χ2n) is 5.35. The van der Waals surface area contributed by atoms with Gasteiger partial charge in [-0.05, 0) is 6.42 Å². The molecule has 1 aromatic heterocycles. The second kappa shape index (κ2) is 8.39. The second-order valence-corrected chi connectivity index (χ2v) is 5.35. The van der Waals surface area contributed by atoms with Crippen LogP contribution in [0.5, 0.6) is 0 Å². The third kappa shape index (κ3) is 6.79. The van der Waals surface area contributed by atoms with E-state index < -0.39 is 0 Å². The molecule has 0 amide bonds. The zero-order chi connectivity index (χ0) is 13.6. The summed E-state index contributed by atoms with van der Waals surface area (Å²) in [5.41, 5.74) is 5.70. The highest BCUT2D eigenvalue weighted by molar-refractivity contribution is 14.0. The zero-order valence-electron chi connectivity index (χ0n) is 12.2. The molecule has 0 saturated carbocycles. The number of guanidine groups is 1. The summed E-state index contributed by atoms with van der Waals surface area (Å²) in [5.74, 6) is 1.91. The summed E-state index contributed by atoms with van der Waals surface area (Å²) in [4.78, 5) is 8.38. The van der Waals surface area contributed by atoms with Gasteiger partial charge in [0.15, 0.2) is 5.96 Å². The maximum Gasteiger partial charge on any atom is 0.216 e. The number of hydrogen-bond donors (Lipinski definition) is 2. The first-order valence-corrected chi connectivity index (χ1v) is 6.42. The predicted molar refractivity (Wildman–Crippen MR) is 88.9 cm³/mol. The van der Waals surface area contributed by atoms with E-state index in [0.717, 1.165) is 25.1 Å². The molecular formula is C13H25IN4O. The van der Waals surface area contributed by atoms with E-state index in [4.69, 9.17) is 10.2 Å². The number of aliphatic imine (C=N–C) groups is 1. The van der Waals surface area contributed by atoms with Crippen LogP contribution in [0.25, 0.3) is 0 Å². The third-order valence-corrected chi connectivity index (χ3v) is 2.51. The van der Waals surface area contributed by atoms with Gasteiger partial charge >= 0.3 is 0 Å². The van der Waals surface area contributed by atoms with Crippen LogP contribution in [0.15, 0.2) is 15.6 Å². The van der Waals surface area contributed by atoms with Crippen LogP contribution in [0.2, 0.25) is 0 Å². The molecule has 5 nitrogen and oxygen atoms in total. The number of nitrogens with two attached hydrogens (primary N) is 1. The number of oxazole rings is 1. The van der Waals surface area contributed by atoms with E-state index in [2.05, 4.69) is 43.0 Å². The normalized spacial score (nSPS) is 12.1. The number of rotatable bonds is 5. The van der Waals surface area contributed by atoms with Gasteiger partial charge in [0, 0.05) is 12.0 Å². The van der Waals surface area contributed by atoms with Crippen molar-refractivity contribution < 1.29 is 4.42 Å². The number of halogens is 1. The van der Waals surface area contributed by atoms with Gasteiger partial charge in [-0.2, -0.15) is 0 Å². The Hall–Kier alpha value is -0.790. The van der Waals surface area contributed by atoms with E-state index in [0.29, 0.717) is 18.4 Å². The van der Waals surface area contributed by atoms with Gasteiger partial charge in [-0.25, -0.2) is 9.98 Å². The largest absolute Gasteiger partial charge is 0.443 e. The van der Waals surface area contributed by atoms with E-state index in [1.807, 2.05) is 0 Å². The van der Waals surface area contributed by atoms with Crippen molar-refractivity contribution in [1.82, 2.24) is 10.3 Å². The Morgan fingerprint density at radius 2 is 2.16 bits per heavy atom. The van der Waals surface area contributed by atoms with Gasteiger partial charge in [0.25, 0.3) is 0 Å². The third-order valence-electron chi connectivity index (χ3n) is 2.51. The Labute approximate surface area is 132 Å². The summed E-state index contributed by atoms with van der Waals surface area (Å²) in [6, 6.07) is 0. The monoisotopic (exact) mass is 380 g/mol. The molecule has 0 unspecified atom stereocenters. The molecule has 1 rings (SSSR count). The van der Waals surface area contributed by atoms with Crippen LogP contribution in [0.3, 0.4) is 0 Å². The average Bonchev–Trinajstić information content (AvgIpc) is 2.75. The van der Waals surface area contributed by atoms with Gasteiger partial charge in [0.2, 0.25) is 5.89 Å². The van der Waals surface area contributed by atoms with Crippen LogP contribution in [-0.2, 0) is 12.0 Å². The molecule has 0 atom stereocenters. The first-order valence-electron chi connectivity index (χ1n) is 6.42. The molecule has 6 heteroatoms.